The predicted octanol–water partition coefficient (Wildman–Crippen LogP) is 6.56. The van der Waals surface area contributed by atoms with Crippen molar-refractivity contribution < 1.29 is 31.1 Å². The summed E-state index contributed by atoms with van der Waals surface area (Å²) >= 11 is 0.196. The van der Waals surface area contributed by atoms with Crippen LogP contribution in [0, 0.1) is 0 Å². The van der Waals surface area contributed by atoms with Crippen LogP contribution >= 0.6 is 11.3 Å². The number of carbonyl (C=O) groups excluding carboxylic acids is 1. The van der Waals surface area contributed by atoms with Gasteiger partial charge in [0, 0.05) is 29.7 Å². The molecule has 3 heterocycles. The predicted molar refractivity (Wildman–Crippen MR) is 113 cm³/mol. The maximum absolute atomic E-state index is 13.6. The number of benzene rings is 1. The minimum atomic E-state index is -4.77. The number of pyridine rings is 2. The van der Waals surface area contributed by atoms with E-state index in [1.54, 1.807) is 30.6 Å². The maximum Gasteiger partial charge on any atom is 0.427 e. The van der Waals surface area contributed by atoms with Gasteiger partial charge in [0.25, 0.3) is 5.91 Å². The van der Waals surface area contributed by atoms with E-state index in [9.17, 15) is 31.1 Å². The number of carbonyl (C=O) groups is 1. The number of aromatic nitrogens is 3. The zero-order valence-corrected chi connectivity index (χ0v) is 17.6. The Morgan fingerprint density at radius 2 is 1.50 bits per heavy atom. The van der Waals surface area contributed by atoms with Crippen LogP contribution in [0.4, 0.5) is 31.5 Å². The van der Waals surface area contributed by atoms with Gasteiger partial charge in [0.2, 0.25) is 0 Å². The summed E-state index contributed by atoms with van der Waals surface area (Å²) in [7, 11) is 0. The van der Waals surface area contributed by atoms with Crippen LogP contribution in [0.25, 0.3) is 22.5 Å². The summed E-state index contributed by atoms with van der Waals surface area (Å²) in [4.78, 5) is 23.2. The van der Waals surface area contributed by atoms with Crippen LogP contribution in [-0.2, 0) is 12.4 Å². The van der Waals surface area contributed by atoms with Crippen LogP contribution in [0.5, 0.6) is 0 Å². The molecular formula is C22H12F6N4OS. The zero-order chi connectivity index (χ0) is 24.5. The zero-order valence-electron chi connectivity index (χ0n) is 16.8. The Bertz CT molecular complexity index is 1300. The van der Waals surface area contributed by atoms with Gasteiger partial charge in [0.1, 0.15) is 10.6 Å². The summed E-state index contributed by atoms with van der Waals surface area (Å²) in [6.07, 6.45) is -4.82. The molecule has 4 rings (SSSR count). The lowest BCUT2D eigenvalue weighted by Crippen LogP contribution is -2.12. The summed E-state index contributed by atoms with van der Waals surface area (Å²) < 4.78 is 78.9. The highest BCUT2D eigenvalue weighted by molar-refractivity contribution is 7.16. The minimum Gasteiger partial charge on any atom is -0.298 e. The van der Waals surface area contributed by atoms with Gasteiger partial charge in [-0.05, 0) is 48.0 Å². The summed E-state index contributed by atoms with van der Waals surface area (Å²) in [5.41, 5.74) is -0.226. The van der Waals surface area contributed by atoms with Gasteiger partial charge in [-0.3, -0.25) is 20.1 Å². The van der Waals surface area contributed by atoms with E-state index in [0.717, 1.165) is 17.7 Å². The van der Waals surface area contributed by atoms with Gasteiger partial charge in [0.05, 0.1) is 11.3 Å². The van der Waals surface area contributed by atoms with Gasteiger partial charge in [-0.1, -0.05) is 17.4 Å². The summed E-state index contributed by atoms with van der Waals surface area (Å²) in [6.45, 7) is 0. The molecule has 12 heteroatoms. The second kappa shape index (κ2) is 8.86. The average molecular weight is 494 g/mol. The molecule has 3 aromatic heterocycles. The van der Waals surface area contributed by atoms with Gasteiger partial charge in [0.15, 0.2) is 5.13 Å². The molecule has 1 amide bonds. The Labute approximate surface area is 192 Å². The van der Waals surface area contributed by atoms with Crippen molar-refractivity contribution in [1.82, 2.24) is 15.0 Å². The van der Waals surface area contributed by atoms with Gasteiger partial charge in [-0.15, -0.1) is 0 Å². The first-order chi connectivity index (χ1) is 16.0. The molecule has 0 saturated carbocycles. The fraction of sp³-hybridized carbons (Fsp3) is 0.0909. The third kappa shape index (κ3) is 5.06. The van der Waals surface area contributed by atoms with Crippen LogP contribution < -0.4 is 5.32 Å². The van der Waals surface area contributed by atoms with Gasteiger partial charge < -0.3 is 0 Å². The number of amides is 1. The Balaban J connectivity index is 1.61. The number of halogens is 6. The smallest absolute Gasteiger partial charge is 0.298 e. The number of alkyl halides is 6. The SMILES string of the molecule is O=C(Nc1nc(-c2ccc(-c3ccncc3)cn2)c(C(F)(F)F)s1)c1ccc(C(F)(F)F)cc1. The number of hydrogen-bond acceptors (Lipinski definition) is 5. The average Bonchev–Trinajstić information content (AvgIpc) is 3.24. The molecule has 0 unspecified atom stereocenters. The molecule has 0 aliphatic carbocycles. The molecule has 1 N–H and O–H groups in total. The third-order valence-corrected chi connectivity index (χ3v) is 5.61. The first-order valence-corrected chi connectivity index (χ1v) is 10.3. The molecule has 4 aromatic rings. The van der Waals surface area contributed by atoms with Crippen LogP contribution in [0.2, 0.25) is 0 Å². The lowest BCUT2D eigenvalue weighted by atomic mass is 10.1. The fourth-order valence-corrected chi connectivity index (χ4v) is 3.80. The normalized spacial score (nSPS) is 11.9. The van der Waals surface area contributed by atoms with Crippen LogP contribution in [0.3, 0.4) is 0 Å². The van der Waals surface area contributed by atoms with Crippen molar-refractivity contribution in [2.24, 2.45) is 0 Å². The van der Waals surface area contributed by atoms with E-state index >= 15 is 0 Å². The van der Waals surface area contributed by atoms with E-state index < -0.39 is 34.4 Å². The van der Waals surface area contributed by atoms with E-state index in [0.29, 0.717) is 17.7 Å². The van der Waals surface area contributed by atoms with Crippen molar-refractivity contribution in [3.8, 4) is 22.5 Å². The Morgan fingerprint density at radius 3 is 2.06 bits per heavy atom. The molecule has 0 aliphatic heterocycles. The van der Waals surface area contributed by atoms with Gasteiger partial charge >= 0.3 is 12.4 Å². The molecule has 34 heavy (non-hydrogen) atoms. The minimum absolute atomic E-state index is 0.0589. The van der Waals surface area contributed by atoms with E-state index in [1.807, 2.05) is 0 Å². The summed E-state index contributed by atoms with van der Waals surface area (Å²) in [5, 5.41) is 1.84. The number of hydrogen-bond donors (Lipinski definition) is 1. The summed E-state index contributed by atoms with van der Waals surface area (Å²) in [5.74, 6) is -0.899. The van der Waals surface area contributed by atoms with E-state index in [2.05, 4.69) is 20.3 Å². The van der Waals surface area contributed by atoms with Crippen molar-refractivity contribution in [2.45, 2.75) is 12.4 Å². The highest BCUT2D eigenvalue weighted by atomic mass is 32.1. The molecule has 0 saturated heterocycles. The molecule has 0 spiro atoms. The Hall–Kier alpha value is -3.80. The first kappa shape index (κ1) is 23.4. The van der Waals surface area contributed by atoms with Crippen molar-refractivity contribution in [3.05, 3.63) is 83.1 Å². The number of rotatable bonds is 4. The lowest BCUT2D eigenvalue weighted by molar-refractivity contribution is -0.137. The van der Waals surface area contributed by atoms with Crippen LogP contribution in [-0.4, -0.2) is 20.9 Å². The van der Waals surface area contributed by atoms with Crippen molar-refractivity contribution in [1.29, 1.82) is 0 Å². The molecule has 0 atom stereocenters. The lowest BCUT2D eigenvalue weighted by Gasteiger charge is -2.07. The molecule has 0 radical (unpaired) electrons. The molecule has 0 fully saturated rings. The molecule has 174 valence electrons. The van der Waals surface area contributed by atoms with Crippen molar-refractivity contribution >= 4 is 22.4 Å². The monoisotopic (exact) mass is 494 g/mol. The molecule has 5 nitrogen and oxygen atoms in total. The van der Waals surface area contributed by atoms with Gasteiger partial charge in [-0.2, -0.15) is 26.3 Å². The number of thiazole rings is 1. The Kier molecular flexibility index (Phi) is 6.09. The largest absolute Gasteiger partial charge is 0.427 e. The molecule has 0 aliphatic rings. The van der Waals surface area contributed by atoms with Crippen LogP contribution in [0.1, 0.15) is 20.8 Å². The van der Waals surface area contributed by atoms with Crippen molar-refractivity contribution in [3.63, 3.8) is 0 Å². The van der Waals surface area contributed by atoms with E-state index in [4.69, 9.17) is 0 Å². The fourth-order valence-electron chi connectivity index (χ4n) is 2.97. The third-order valence-electron chi connectivity index (χ3n) is 4.60. The standard InChI is InChI=1S/C22H12F6N4OS/c23-21(24,25)15-4-1-13(2-5-15)19(33)32-20-31-17(18(34-20)22(26,27)28)16-6-3-14(11-30-16)12-7-9-29-10-8-12/h1-11H,(H,31,32,33). The second-order valence-electron chi connectivity index (χ2n) is 6.89. The van der Waals surface area contributed by atoms with Crippen LogP contribution in [0.15, 0.2) is 67.1 Å². The Morgan fingerprint density at radius 1 is 0.824 bits per heavy atom. The highest BCUT2D eigenvalue weighted by Crippen LogP contribution is 2.42. The number of nitrogens with one attached hydrogen (secondary N) is 1. The van der Waals surface area contributed by atoms with Gasteiger partial charge in [-0.25, -0.2) is 4.98 Å². The molecule has 0 bridgehead atoms. The molecular weight excluding hydrogens is 482 g/mol. The maximum atomic E-state index is 13.6. The quantitative estimate of drug-likeness (QED) is 0.327. The topological polar surface area (TPSA) is 67.8 Å². The molecule has 1 aromatic carbocycles. The summed E-state index contributed by atoms with van der Waals surface area (Å²) in [6, 6.07) is 9.66. The second-order valence-corrected chi connectivity index (χ2v) is 7.89. The number of anilines is 1. The first-order valence-electron chi connectivity index (χ1n) is 9.46. The highest BCUT2D eigenvalue weighted by Gasteiger charge is 2.38. The number of nitrogens with zero attached hydrogens (tertiary/aromatic N) is 3. The van der Waals surface area contributed by atoms with E-state index in [-0.39, 0.29) is 27.7 Å². The van der Waals surface area contributed by atoms with E-state index in [1.165, 1.54) is 12.3 Å². The van der Waals surface area contributed by atoms with Crippen molar-refractivity contribution in [2.75, 3.05) is 5.32 Å².